The second-order valence-corrected chi connectivity index (χ2v) is 10.7. The van der Waals surface area contributed by atoms with Crippen molar-refractivity contribution in [2.75, 3.05) is 25.4 Å². The highest BCUT2D eigenvalue weighted by atomic mass is 32.2. The van der Waals surface area contributed by atoms with E-state index in [4.69, 9.17) is 0 Å². The average molecular weight is 430 g/mol. The van der Waals surface area contributed by atoms with Crippen molar-refractivity contribution in [1.82, 2.24) is 14.2 Å². The summed E-state index contributed by atoms with van der Waals surface area (Å²) < 4.78 is 26.7. The van der Waals surface area contributed by atoms with E-state index in [1.54, 1.807) is 10.5 Å². The minimum atomic E-state index is -3.18. The van der Waals surface area contributed by atoms with Gasteiger partial charge < -0.3 is 4.90 Å². The Morgan fingerprint density at radius 2 is 1.83 bits per heavy atom. The highest BCUT2D eigenvalue weighted by Crippen LogP contribution is 2.32. The average Bonchev–Trinajstić information content (AvgIpc) is 3.60. The van der Waals surface area contributed by atoms with Gasteiger partial charge in [-0.25, -0.2) is 12.7 Å². The SMILES string of the molecule is CCCCS(=O)(=O)N1CCC(N(CC2CC2)C(=O)c2cc3ccccc3cn2)CC1. The van der Waals surface area contributed by atoms with Crippen LogP contribution in [0.15, 0.2) is 36.5 Å². The summed E-state index contributed by atoms with van der Waals surface area (Å²) in [5.41, 5.74) is 0.479. The molecule has 162 valence electrons. The smallest absolute Gasteiger partial charge is 0.272 e. The molecule has 1 amide bonds. The molecule has 0 bridgehead atoms. The zero-order valence-electron chi connectivity index (χ0n) is 17.7. The van der Waals surface area contributed by atoms with E-state index in [1.165, 1.54) is 12.8 Å². The van der Waals surface area contributed by atoms with Crippen LogP contribution >= 0.6 is 0 Å². The molecule has 4 rings (SSSR count). The molecular weight excluding hydrogens is 398 g/mol. The van der Waals surface area contributed by atoms with Gasteiger partial charge in [-0.2, -0.15) is 0 Å². The fourth-order valence-corrected chi connectivity index (χ4v) is 5.89. The first-order valence-electron chi connectivity index (χ1n) is 11.1. The quantitative estimate of drug-likeness (QED) is 0.642. The third-order valence-corrected chi connectivity index (χ3v) is 8.23. The topological polar surface area (TPSA) is 70.6 Å². The Morgan fingerprint density at radius 1 is 1.13 bits per heavy atom. The fraction of sp³-hybridized carbons (Fsp3) is 0.565. The maximum atomic E-state index is 13.4. The molecule has 1 aromatic carbocycles. The van der Waals surface area contributed by atoms with E-state index in [0.717, 1.165) is 23.7 Å². The number of aromatic nitrogens is 1. The molecular formula is C23H31N3O3S. The molecule has 30 heavy (non-hydrogen) atoms. The molecule has 1 aliphatic carbocycles. The molecule has 1 aliphatic heterocycles. The zero-order valence-corrected chi connectivity index (χ0v) is 18.5. The summed E-state index contributed by atoms with van der Waals surface area (Å²) in [6.07, 6.45) is 7.05. The number of amides is 1. The van der Waals surface area contributed by atoms with Crippen molar-refractivity contribution in [2.24, 2.45) is 5.92 Å². The van der Waals surface area contributed by atoms with Gasteiger partial charge in [-0.1, -0.05) is 37.6 Å². The summed E-state index contributed by atoms with van der Waals surface area (Å²) >= 11 is 0. The van der Waals surface area contributed by atoms with Crippen molar-refractivity contribution in [3.63, 3.8) is 0 Å². The summed E-state index contributed by atoms with van der Waals surface area (Å²) in [6.45, 7) is 3.75. The van der Waals surface area contributed by atoms with Crippen molar-refractivity contribution in [3.8, 4) is 0 Å². The maximum Gasteiger partial charge on any atom is 0.272 e. The van der Waals surface area contributed by atoms with Crippen molar-refractivity contribution in [2.45, 2.75) is 51.5 Å². The number of benzene rings is 1. The van der Waals surface area contributed by atoms with Crippen LogP contribution in [0.4, 0.5) is 0 Å². The summed E-state index contributed by atoms with van der Waals surface area (Å²) in [5.74, 6) is 0.764. The zero-order chi connectivity index (χ0) is 21.1. The molecule has 0 unspecified atom stereocenters. The summed E-state index contributed by atoms with van der Waals surface area (Å²) in [6, 6.07) is 9.87. The van der Waals surface area contributed by atoms with Crippen molar-refractivity contribution >= 4 is 26.7 Å². The Kier molecular flexibility index (Phi) is 6.39. The van der Waals surface area contributed by atoms with Gasteiger partial charge in [0.2, 0.25) is 10.0 Å². The molecule has 1 aromatic heterocycles. The van der Waals surface area contributed by atoms with Gasteiger partial charge in [0.25, 0.3) is 5.91 Å². The van der Waals surface area contributed by atoms with Crippen LogP contribution in [0.3, 0.4) is 0 Å². The first kappa shape index (κ1) is 21.2. The molecule has 2 fully saturated rings. The van der Waals surface area contributed by atoms with Gasteiger partial charge in [-0.3, -0.25) is 9.78 Å². The lowest BCUT2D eigenvalue weighted by Gasteiger charge is -2.38. The molecule has 0 N–H and O–H groups in total. The molecule has 1 saturated carbocycles. The lowest BCUT2D eigenvalue weighted by atomic mass is 10.0. The van der Waals surface area contributed by atoms with Crippen LogP contribution in [0.1, 0.15) is 55.9 Å². The molecule has 2 heterocycles. The van der Waals surface area contributed by atoms with Crippen LogP contribution in [-0.4, -0.2) is 59.9 Å². The number of fused-ring (bicyclic) bond motifs is 1. The Balaban J connectivity index is 1.48. The van der Waals surface area contributed by atoms with Crippen molar-refractivity contribution in [3.05, 3.63) is 42.2 Å². The first-order chi connectivity index (χ1) is 14.5. The Hall–Kier alpha value is -1.99. The first-order valence-corrected chi connectivity index (χ1v) is 12.7. The summed E-state index contributed by atoms with van der Waals surface area (Å²) in [7, 11) is -3.18. The van der Waals surface area contributed by atoms with Gasteiger partial charge >= 0.3 is 0 Å². The minimum Gasteiger partial charge on any atom is -0.334 e. The summed E-state index contributed by atoms with van der Waals surface area (Å²) in [4.78, 5) is 19.8. The predicted molar refractivity (Wildman–Crippen MR) is 119 cm³/mol. The van der Waals surface area contributed by atoms with Gasteiger partial charge in [0.1, 0.15) is 5.69 Å². The van der Waals surface area contributed by atoms with E-state index in [0.29, 0.717) is 44.0 Å². The monoisotopic (exact) mass is 429 g/mol. The normalized spacial score (nSPS) is 18.6. The standard InChI is InChI=1S/C23H31N3O3S/c1-2-3-14-30(28,29)25-12-10-21(11-13-25)26(17-18-8-9-18)23(27)22-15-19-6-4-5-7-20(19)16-24-22/h4-7,15-16,18,21H,2-3,8-14,17H2,1H3. The van der Waals surface area contributed by atoms with E-state index in [9.17, 15) is 13.2 Å². The lowest BCUT2D eigenvalue weighted by Crippen LogP contribution is -2.49. The molecule has 6 nitrogen and oxygen atoms in total. The van der Waals surface area contributed by atoms with Gasteiger partial charge in [-0.05, 0) is 49.5 Å². The van der Waals surface area contributed by atoms with E-state index in [1.807, 2.05) is 42.2 Å². The Morgan fingerprint density at radius 3 is 2.50 bits per heavy atom. The van der Waals surface area contributed by atoms with E-state index in [-0.39, 0.29) is 17.7 Å². The number of carbonyl (C=O) groups excluding carboxylic acids is 1. The molecule has 2 aromatic rings. The number of hydrogen-bond acceptors (Lipinski definition) is 4. The van der Waals surface area contributed by atoms with E-state index < -0.39 is 10.0 Å². The molecule has 7 heteroatoms. The van der Waals surface area contributed by atoms with Gasteiger partial charge in [0.15, 0.2) is 0 Å². The number of hydrogen-bond donors (Lipinski definition) is 0. The van der Waals surface area contributed by atoms with Crippen molar-refractivity contribution < 1.29 is 13.2 Å². The number of carbonyl (C=O) groups is 1. The van der Waals surface area contributed by atoms with Gasteiger partial charge in [0, 0.05) is 37.3 Å². The molecule has 0 atom stereocenters. The number of rotatable bonds is 8. The Bertz CT molecular complexity index is 996. The number of unbranched alkanes of at least 4 members (excludes halogenated alkanes) is 1. The molecule has 2 aliphatic rings. The third kappa shape index (κ3) is 4.83. The third-order valence-electron chi connectivity index (χ3n) is 6.28. The second kappa shape index (κ2) is 9.02. The van der Waals surface area contributed by atoms with Crippen LogP contribution in [0.2, 0.25) is 0 Å². The van der Waals surface area contributed by atoms with E-state index in [2.05, 4.69) is 4.98 Å². The maximum absolute atomic E-state index is 13.4. The highest BCUT2D eigenvalue weighted by Gasteiger charge is 2.36. The Labute approximate surface area is 179 Å². The molecule has 1 saturated heterocycles. The van der Waals surface area contributed by atoms with Crippen molar-refractivity contribution in [1.29, 1.82) is 0 Å². The number of sulfonamides is 1. The number of piperidine rings is 1. The highest BCUT2D eigenvalue weighted by molar-refractivity contribution is 7.89. The van der Waals surface area contributed by atoms with Gasteiger partial charge in [-0.15, -0.1) is 0 Å². The summed E-state index contributed by atoms with van der Waals surface area (Å²) in [5, 5.41) is 2.03. The van der Waals surface area contributed by atoms with Gasteiger partial charge in [0.05, 0.1) is 5.75 Å². The number of nitrogens with zero attached hydrogens (tertiary/aromatic N) is 3. The fourth-order valence-electron chi connectivity index (χ4n) is 4.21. The largest absolute Gasteiger partial charge is 0.334 e. The predicted octanol–water partition coefficient (Wildman–Crippen LogP) is 3.68. The lowest BCUT2D eigenvalue weighted by molar-refractivity contribution is 0.0599. The minimum absolute atomic E-state index is 0.0278. The van der Waals surface area contributed by atoms with Crippen LogP contribution in [0.25, 0.3) is 10.8 Å². The van der Waals surface area contributed by atoms with Crippen LogP contribution in [0, 0.1) is 5.92 Å². The second-order valence-electron chi connectivity index (χ2n) is 8.62. The number of pyridine rings is 1. The molecule has 0 radical (unpaired) electrons. The molecule has 0 spiro atoms. The van der Waals surface area contributed by atoms with E-state index >= 15 is 0 Å². The van der Waals surface area contributed by atoms with Crippen LogP contribution < -0.4 is 0 Å². The van der Waals surface area contributed by atoms with Crippen LogP contribution in [-0.2, 0) is 10.0 Å². The van der Waals surface area contributed by atoms with Crippen LogP contribution in [0.5, 0.6) is 0 Å².